The molecule has 0 spiro atoms. The summed E-state index contributed by atoms with van der Waals surface area (Å²) < 4.78 is 14.2. The summed E-state index contributed by atoms with van der Waals surface area (Å²) in [7, 11) is 0. The van der Waals surface area contributed by atoms with E-state index in [1.54, 1.807) is 18.2 Å². The summed E-state index contributed by atoms with van der Waals surface area (Å²) in [4.78, 5) is 22.1. The molecule has 0 atom stereocenters. The third-order valence-electron chi connectivity index (χ3n) is 2.55. The van der Waals surface area contributed by atoms with Crippen LogP contribution in [-0.4, -0.2) is 10.8 Å². The Kier molecular flexibility index (Phi) is 4.09. The van der Waals surface area contributed by atoms with E-state index in [1.807, 2.05) is 0 Å². The van der Waals surface area contributed by atoms with E-state index in [-0.39, 0.29) is 5.56 Å². The molecule has 7 heteroatoms. The number of benzene rings is 2. The molecule has 2 rings (SSSR count). The molecule has 1 amide bonds. The SMILES string of the molecule is O=C(Nc1c(F)cccc1[N+](=O)[O-])c1ccccc1Br. The first-order chi connectivity index (χ1) is 9.50. The predicted molar refractivity (Wildman–Crippen MR) is 75.1 cm³/mol. The van der Waals surface area contributed by atoms with Crippen LogP contribution in [0.3, 0.4) is 0 Å². The van der Waals surface area contributed by atoms with E-state index in [2.05, 4.69) is 21.2 Å². The van der Waals surface area contributed by atoms with E-state index in [0.717, 1.165) is 12.1 Å². The van der Waals surface area contributed by atoms with Gasteiger partial charge in [-0.3, -0.25) is 14.9 Å². The number of halogens is 2. The van der Waals surface area contributed by atoms with Gasteiger partial charge in [-0.1, -0.05) is 18.2 Å². The number of hydrogen-bond acceptors (Lipinski definition) is 3. The molecule has 0 saturated carbocycles. The first-order valence-corrected chi connectivity index (χ1v) is 6.29. The molecule has 0 aromatic heterocycles. The van der Waals surface area contributed by atoms with Crippen molar-refractivity contribution in [1.82, 2.24) is 0 Å². The number of nitro benzene ring substituents is 1. The molecule has 0 radical (unpaired) electrons. The highest BCUT2D eigenvalue weighted by atomic mass is 79.9. The summed E-state index contributed by atoms with van der Waals surface area (Å²) in [5, 5.41) is 13.1. The average Bonchev–Trinajstić information content (AvgIpc) is 2.41. The fourth-order valence-corrected chi connectivity index (χ4v) is 2.08. The Bertz CT molecular complexity index is 691. The largest absolute Gasteiger partial charge is 0.314 e. The normalized spacial score (nSPS) is 10.1. The van der Waals surface area contributed by atoms with Crippen molar-refractivity contribution in [3.05, 3.63) is 68.4 Å². The van der Waals surface area contributed by atoms with Gasteiger partial charge >= 0.3 is 0 Å². The molecular weight excluding hydrogens is 331 g/mol. The fourth-order valence-electron chi connectivity index (χ4n) is 1.61. The van der Waals surface area contributed by atoms with Crippen LogP contribution >= 0.6 is 15.9 Å². The molecule has 0 aliphatic carbocycles. The minimum atomic E-state index is -0.861. The number of amides is 1. The second-order valence-electron chi connectivity index (χ2n) is 3.83. The first kappa shape index (κ1) is 14.1. The Labute approximate surface area is 121 Å². The molecule has 0 saturated heterocycles. The van der Waals surface area contributed by atoms with Crippen LogP contribution < -0.4 is 5.32 Å². The van der Waals surface area contributed by atoms with Crippen LogP contribution in [0.25, 0.3) is 0 Å². The highest BCUT2D eigenvalue weighted by molar-refractivity contribution is 9.10. The lowest BCUT2D eigenvalue weighted by molar-refractivity contribution is -0.384. The molecule has 1 N–H and O–H groups in total. The lowest BCUT2D eigenvalue weighted by Gasteiger charge is -2.08. The second kappa shape index (κ2) is 5.79. The van der Waals surface area contributed by atoms with Crippen molar-refractivity contribution in [2.24, 2.45) is 0 Å². The molecule has 102 valence electrons. The van der Waals surface area contributed by atoms with E-state index < -0.39 is 28.0 Å². The van der Waals surface area contributed by atoms with E-state index >= 15 is 0 Å². The molecule has 0 fully saturated rings. The smallest absolute Gasteiger partial charge is 0.295 e. The summed E-state index contributed by atoms with van der Waals surface area (Å²) in [6.07, 6.45) is 0. The summed E-state index contributed by atoms with van der Waals surface area (Å²) >= 11 is 3.19. The Morgan fingerprint density at radius 3 is 2.55 bits per heavy atom. The van der Waals surface area contributed by atoms with Crippen molar-refractivity contribution in [1.29, 1.82) is 0 Å². The van der Waals surface area contributed by atoms with Crippen LogP contribution in [0.4, 0.5) is 15.8 Å². The minimum Gasteiger partial charge on any atom is -0.314 e. The number of nitro groups is 1. The standard InChI is InChI=1S/C13H8BrFN2O3/c14-9-5-2-1-4-8(9)13(18)16-12-10(15)6-3-7-11(12)17(19)20/h1-7H,(H,16,18). The molecule has 2 aromatic rings. The van der Waals surface area contributed by atoms with Crippen molar-refractivity contribution < 1.29 is 14.1 Å². The Balaban J connectivity index is 2.38. The Morgan fingerprint density at radius 2 is 1.90 bits per heavy atom. The van der Waals surface area contributed by atoms with E-state index in [9.17, 15) is 19.3 Å². The number of hydrogen-bond donors (Lipinski definition) is 1. The van der Waals surface area contributed by atoms with Crippen molar-refractivity contribution in [3.63, 3.8) is 0 Å². The summed E-state index contributed by atoms with van der Waals surface area (Å²) in [6.45, 7) is 0. The van der Waals surface area contributed by atoms with Gasteiger partial charge in [0.15, 0.2) is 11.5 Å². The molecule has 2 aromatic carbocycles. The van der Waals surface area contributed by atoms with Gasteiger partial charge in [-0.15, -0.1) is 0 Å². The van der Waals surface area contributed by atoms with Crippen molar-refractivity contribution >= 4 is 33.2 Å². The number of carbonyl (C=O) groups is 1. The van der Waals surface area contributed by atoms with E-state index in [4.69, 9.17) is 0 Å². The molecule has 20 heavy (non-hydrogen) atoms. The number of nitrogens with one attached hydrogen (secondary N) is 1. The topological polar surface area (TPSA) is 72.2 Å². The van der Waals surface area contributed by atoms with Crippen molar-refractivity contribution in [2.45, 2.75) is 0 Å². The van der Waals surface area contributed by atoms with Gasteiger partial charge in [0.2, 0.25) is 0 Å². The summed E-state index contributed by atoms with van der Waals surface area (Å²) in [6, 6.07) is 9.89. The maximum absolute atomic E-state index is 13.7. The maximum Gasteiger partial charge on any atom is 0.295 e. The van der Waals surface area contributed by atoms with Crippen LogP contribution in [0.15, 0.2) is 46.9 Å². The zero-order valence-corrected chi connectivity index (χ0v) is 11.6. The van der Waals surface area contributed by atoms with Crippen molar-refractivity contribution in [2.75, 3.05) is 5.32 Å². The van der Waals surface area contributed by atoms with Gasteiger partial charge in [0.05, 0.1) is 10.5 Å². The van der Waals surface area contributed by atoms with Crippen LogP contribution in [0, 0.1) is 15.9 Å². The zero-order chi connectivity index (χ0) is 14.7. The van der Waals surface area contributed by atoms with Crippen LogP contribution in [0.5, 0.6) is 0 Å². The molecule has 0 aliphatic heterocycles. The highest BCUT2D eigenvalue weighted by Gasteiger charge is 2.21. The average molecular weight is 339 g/mol. The highest BCUT2D eigenvalue weighted by Crippen LogP contribution is 2.28. The molecule has 0 unspecified atom stereocenters. The molecule has 0 aliphatic rings. The van der Waals surface area contributed by atoms with Gasteiger partial charge in [0.25, 0.3) is 11.6 Å². The Morgan fingerprint density at radius 1 is 1.20 bits per heavy atom. The third kappa shape index (κ3) is 2.83. The van der Waals surface area contributed by atoms with Gasteiger partial charge in [0.1, 0.15) is 0 Å². The second-order valence-corrected chi connectivity index (χ2v) is 4.68. The minimum absolute atomic E-state index is 0.255. The quantitative estimate of drug-likeness (QED) is 0.684. The number of nitrogens with zero attached hydrogens (tertiary/aromatic N) is 1. The van der Waals surface area contributed by atoms with Gasteiger partial charge in [-0.2, -0.15) is 0 Å². The lowest BCUT2D eigenvalue weighted by Crippen LogP contribution is -2.14. The Hall–Kier alpha value is -2.28. The fraction of sp³-hybridized carbons (Fsp3) is 0. The van der Waals surface area contributed by atoms with Crippen LogP contribution in [0.2, 0.25) is 0 Å². The molecule has 0 heterocycles. The summed E-state index contributed by atoms with van der Waals surface area (Å²) in [5.74, 6) is -1.50. The number of carbonyl (C=O) groups excluding carboxylic acids is 1. The monoisotopic (exact) mass is 338 g/mol. The zero-order valence-electron chi connectivity index (χ0n) is 9.97. The predicted octanol–water partition coefficient (Wildman–Crippen LogP) is 3.75. The van der Waals surface area contributed by atoms with Crippen LogP contribution in [0.1, 0.15) is 10.4 Å². The molecular formula is C13H8BrFN2O3. The van der Waals surface area contributed by atoms with E-state index in [1.165, 1.54) is 12.1 Å². The van der Waals surface area contributed by atoms with Gasteiger partial charge < -0.3 is 5.32 Å². The lowest BCUT2D eigenvalue weighted by atomic mass is 10.2. The number of anilines is 1. The van der Waals surface area contributed by atoms with Gasteiger partial charge in [0, 0.05) is 10.5 Å². The van der Waals surface area contributed by atoms with E-state index in [0.29, 0.717) is 4.47 Å². The number of para-hydroxylation sites is 1. The maximum atomic E-state index is 13.7. The molecule has 5 nitrogen and oxygen atoms in total. The first-order valence-electron chi connectivity index (χ1n) is 5.49. The van der Waals surface area contributed by atoms with Crippen LogP contribution in [-0.2, 0) is 0 Å². The van der Waals surface area contributed by atoms with Crippen molar-refractivity contribution in [3.8, 4) is 0 Å². The molecule has 0 bridgehead atoms. The van der Waals surface area contributed by atoms with Gasteiger partial charge in [-0.05, 0) is 34.1 Å². The third-order valence-corrected chi connectivity index (χ3v) is 3.24. The van der Waals surface area contributed by atoms with Gasteiger partial charge in [-0.25, -0.2) is 4.39 Å². The summed E-state index contributed by atoms with van der Waals surface area (Å²) in [5.41, 5.74) is -0.686. The number of rotatable bonds is 3.